The molecular formula is C55H105N2O6P. The van der Waals surface area contributed by atoms with Gasteiger partial charge in [0.2, 0.25) is 5.91 Å². The minimum absolute atomic E-state index is 0.00103. The Balaban J connectivity index is 3.84. The highest BCUT2D eigenvalue weighted by atomic mass is 31.2. The predicted octanol–water partition coefficient (Wildman–Crippen LogP) is 15.3. The number of carbonyl (C=O) groups is 1. The molecule has 0 aromatic heterocycles. The van der Waals surface area contributed by atoms with E-state index in [2.05, 4.69) is 55.6 Å². The van der Waals surface area contributed by atoms with E-state index in [-0.39, 0.29) is 19.1 Å². The molecule has 0 aromatic rings. The van der Waals surface area contributed by atoms with Crippen LogP contribution in [0, 0.1) is 0 Å². The Morgan fingerprint density at radius 2 is 0.906 bits per heavy atom. The molecule has 0 saturated heterocycles. The average Bonchev–Trinajstić information content (AvgIpc) is 3.25. The molecule has 3 atom stereocenters. The van der Waals surface area contributed by atoms with Gasteiger partial charge in [0.05, 0.1) is 39.9 Å². The third-order valence-corrected chi connectivity index (χ3v) is 13.0. The smallest absolute Gasteiger partial charge is 0.268 e. The molecule has 8 nitrogen and oxygen atoms in total. The van der Waals surface area contributed by atoms with Gasteiger partial charge in [-0.25, -0.2) is 0 Å². The van der Waals surface area contributed by atoms with Crippen molar-refractivity contribution in [1.82, 2.24) is 5.32 Å². The Hall–Kier alpha value is -1.54. The van der Waals surface area contributed by atoms with Crippen molar-refractivity contribution in [2.45, 2.75) is 257 Å². The standard InChI is InChI=1S/C55H105N2O6P/c1-6-8-10-12-14-15-16-17-18-19-20-21-22-23-24-25-26-27-28-29-30-31-32-33-34-35-36-37-38-39-40-41-43-45-47-49-55(59)56-53(54(58)48-46-44-42-13-11-9-7-2)52-63-64(60,61)62-51-50-57(3,4)5/h16-17,19-20,22-23,46,48,53-54,58H,6-15,18,21,24-45,47,49-52H2,1-5H3,(H-,56,59,60,61)/b17-16-,20-19-,23-22-,48-46+. The minimum Gasteiger partial charge on any atom is -0.756 e. The van der Waals surface area contributed by atoms with Crippen molar-refractivity contribution in [2.75, 3.05) is 40.9 Å². The first kappa shape index (κ1) is 62.5. The van der Waals surface area contributed by atoms with Crippen LogP contribution in [0.5, 0.6) is 0 Å². The Labute approximate surface area is 397 Å². The SMILES string of the molecule is CCCCCCC/C=C\C/C=C\C/C=C\CCCCCCCCCCCCCCCCCCCCCCC(=O)NC(COP(=O)([O-])OCC[N+](C)(C)C)C(O)/C=C/CCCCCCC. The van der Waals surface area contributed by atoms with Crippen molar-refractivity contribution >= 4 is 13.7 Å². The number of hydrogen-bond donors (Lipinski definition) is 2. The number of rotatable bonds is 49. The molecule has 0 bridgehead atoms. The summed E-state index contributed by atoms with van der Waals surface area (Å²) in [5.41, 5.74) is 0. The molecule has 3 unspecified atom stereocenters. The molecule has 0 heterocycles. The van der Waals surface area contributed by atoms with Gasteiger partial charge in [0.1, 0.15) is 13.2 Å². The molecule has 0 fully saturated rings. The second-order valence-corrected chi connectivity index (χ2v) is 21.0. The van der Waals surface area contributed by atoms with Crippen LogP contribution < -0.4 is 10.2 Å². The molecule has 376 valence electrons. The van der Waals surface area contributed by atoms with E-state index < -0.39 is 20.0 Å². The van der Waals surface area contributed by atoms with Gasteiger partial charge in [-0.15, -0.1) is 0 Å². The number of allylic oxidation sites excluding steroid dienone is 7. The first-order chi connectivity index (χ1) is 31.0. The van der Waals surface area contributed by atoms with Gasteiger partial charge < -0.3 is 28.8 Å². The predicted molar refractivity (Wildman–Crippen MR) is 274 cm³/mol. The molecule has 0 aliphatic carbocycles. The Morgan fingerprint density at radius 3 is 1.31 bits per heavy atom. The molecule has 0 rings (SSSR count). The molecular weight excluding hydrogens is 816 g/mol. The van der Waals surface area contributed by atoms with Gasteiger partial charge in [-0.1, -0.05) is 229 Å². The maximum Gasteiger partial charge on any atom is 0.268 e. The maximum absolute atomic E-state index is 12.8. The van der Waals surface area contributed by atoms with Crippen LogP contribution in [-0.4, -0.2) is 68.5 Å². The second-order valence-electron chi connectivity index (χ2n) is 19.6. The number of nitrogens with zero attached hydrogens (tertiary/aromatic N) is 1. The van der Waals surface area contributed by atoms with Gasteiger partial charge in [-0.05, 0) is 57.8 Å². The van der Waals surface area contributed by atoms with Gasteiger partial charge in [-0.2, -0.15) is 0 Å². The van der Waals surface area contributed by atoms with Crippen LogP contribution in [0.2, 0.25) is 0 Å². The van der Waals surface area contributed by atoms with Crippen LogP contribution in [0.15, 0.2) is 48.6 Å². The lowest BCUT2D eigenvalue weighted by Gasteiger charge is -2.29. The first-order valence-electron chi connectivity index (χ1n) is 27.0. The fraction of sp³-hybridized carbons (Fsp3) is 0.836. The van der Waals surface area contributed by atoms with E-state index in [4.69, 9.17) is 9.05 Å². The summed E-state index contributed by atoms with van der Waals surface area (Å²) < 4.78 is 23.1. The maximum atomic E-state index is 12.8. The lowest BCUT2D eigenvalue weighted by atomic mass is 10.0. The number of aliphatic hydroxyl groups excluding tert-OH is 1. The van der Waals surface area contributed by atoms with Crippen molar-refractivity contribution in [3.05, 3.63) is 48.6 Å². The zero-order chi connectivity index (χ0) is 47.1. The fourth-order valence-electron chi connectivity index (χ4n) is 7.75. The van der Waals surface area contributed by atoms with Crippen molar-refractivity contribution in [3.8, 4) is 0 Å². The number of hydrogen-bond acceptors (Lipinski definition) is 6. The van der Waals surface area contributed by atoms with Crippen LogP contribution in [-0.2, 0) is 18.4 Å². The summed E-state index contributed by atoms with van der Waals surface area (Å²) >= 11 is 0. The van der Waals surface area contributed by atoms with Gasteiger partial charge in [0, 0.05) is 6.42 Å². The number of phosphoric ester groups is 1. The number of unbranched alkanes of at least 4 members (excludes halogenated alkanes) is 30. The van der Waals surface area contributed by atoms with E-state index >= 15 is 0 Å². The number of aliphatic hydroxyl groups is 1. The molecule has 1 amide bonds. The van der Waals surface area contributed by atoms with Crippen LogP contribution in [0.1, 0.15) is 245 Å². The summed E-state index contributed by atoms with van der Waals surface area (Å²) in [4.78, 5) is 25.2. The van der Waals surface area contributed by atoms with Crippen molar-refractivity contribution in [2.24, 2.45) is 0 Å². The van der Waals surface area contributed by atoms with Crippen LogP contribution >= 0.6 is 7.82 Å². The summed E-state index contributed by atoms with van der Waals surface area (Å²) in [5.74, 6) is -0.200. The molecule has 0 aliphatic rings. The highest BCUT2D eigenvalue weighted by molar-refractivity contribution is 7.45. The van der Waals surface area contributed by atoms with E-state index in [1.54, 1.807) is 6.08 Å². The van der Waals surface area contributed by atoms with Crippen molar-refractivity contribution < 1.29 is 32.9 Å². The molecule has 0 aliphatic heterocycles. The molecule has 0 aromatic carbocycles. The number of likely N-dealkylation sites (N-methyl/N-ethyl adjacent to an activating group) is 1. The molecule has 2 N–H and O–H groups in total. The molecule has 0 radical (unpaired) electrons. The number of nitrogens with one attached hydrogen (secondary N) is 1. The summed E-state index contributed by atoms with van der Waals surface area (Å²) in [6, 6.07) is -0.882. The van der Waals surface area contributed by atoms with Crippen LogP contribution in [0.4, 0.5) is 0 Å². The summed E-state index contributed by atoms with van der Waals surface area (Å²) in [5, 5.41) is 13.7. The molecule has 64 heavy (non-hydrogen) atoms. The second kappa shape index (κ2) is 46.6. The molecule has 0 spiro atoms. The minimum atomic E-state index is -4.58. The lowest BCUT2D eigenvalue weighted by molar-refractivity contribution is -0.870. The lowest BCUT2D eigenvalue weighted by Crippen LogP contribution is -2.45. The Morgan fingerprint density at radius 1 is 0.547 bits per heavy atom. The van der Waals surface area contributed by atoms with Gasteiger partial charge in [0.25, 0.3) is 7.82 Å². The number of amides is 1. The fourth-order valence-corrected chi connectivity index (χ4v) is 8.47. The number of quaternary nitrogens is 1. The average molecular weight is 921 g/mol. The molecule has 9 heteroatoms. The third kappa shape index (κ3) is 48.4. The zero-order valence-corrected chi connectivity index (χ0v) is 43.6. The van der Waals surface area contributed by atoms with E-state index in [1.807, 2.05) is 27.2 Å². The Bertz CT molecular complexity index is 1180. The highest BCUT2D eigenvalue weighted by Crippen LogP contribution is 2.38. The van der Waals surface area contributed by atoms with Crippen molar-refractivity contribution in [3.63, 3.8) is 0 Å². The monoisotopic (exact) mass is 921 g/mol. The largest absolute Gasteiger partial charge is 0.756 e. The first-order valence-corrected chi connectivity index (χ1v) is 28.5. The van der Waals surface area contributed by atoms with E-state index in [0.29, 0.717) is 17.4 Å². The normalized spacial score (nSPS) is 14.4. The van der Waals surface area contributed by atoms with Crippen LogP contribution in [0.3, 0.4) is 0 Å². The topological polar surface area (TPSA) is 108 Å². The van der Waals surface area contributed by atoms with E-state index in [9.17, 15) is 19.4 Å². The van der Waals surface area contributed by atoms with Crippen molar-refractivity contribution in [1.29, 1.82) is 0 Å². The molecule has 0 saturated carbocycles. The van der Waals surface area contributed by atoms with E-state index in [1.165, 1.54) is 173 Å². The number of carbonyl (C=O) groups excluding carboxylic acids is 1. The summed E-state index contributed by atoms with van der Waals surface area (Å²) in [6.45, 7) is 4.58. The summed E-state index contributed by atoms with van der Waals surface area (Å²) in [6.07, 6.45) is 60.8. The summed E-state index contributed by atoms with van der Waals surface area (Å²) in [7, 11) is 1.26. The third-order valence-electron chi connectivity index (χ3n) is 12.0. The van der Waals surface area contributed by atoms with Gasteiger partial charge >= 0.3 is 0 Å². The van der Waals surface area contributed by atoms with E-state index in [0.717, 1.165) is 51.4 Å². The van der Waals surface area contributed by atoms with Gasteiger partial charge in [0.15, 0.2) is 0 Å². The quantitative estimate of drug-likeness (QED) is 0.0272. The van der Waals surface area contributed by atoms with Crippen LogP contribution in [0.25, 0.3) is 0 Å². The van der Waals surface area contributed by atoms with Gasteiger partial charge in [-0.3, -0.25) is 9.36 Å². The number of phosphoric acid groups is 1. The highest BCUT2D eigenvalue weighted by Gasteiger charge is 2.23. The Kier molecular flexibility index (Phi) is 45.4. The zero-order valence-electron chi connectivity index (χ0n) is 42.7.